The smallest absolute Gasteiger partial charge is 0.307 e. The number of benzene rings is 1. The molecule has 1 saturated heterocycles. The molecule has 5 nitrogen and oxygen atoms in total. The zero-order valence-electron chi connectivity index (χ0n) is 10.3. The summed E-state index contributed by atoms with van der Waals surface area (Å²) in [5.41, 5.74) is 0.598. The summed E-state index contributed by atoms with van der Waals surface area (Å²) in [5, 5.41) is 8.67. The molecule has 1 heterocycles. The molecule has 0 aliphatic carbocycles. The fourth-order valence-electron chi connectivity index (χ4n) is 1.89. The van der Waals surface area contributed by atoms with Gasteiger partial charge in [-0.25, -0.2) is 8.42 Å². The van der Waals surface area contributed by atoms with Crippen molar-refractivity contribution in [3.8, 4) is 0 Å². The van der Waals surface area contributed by atoms with Gasteiger partial charge < -0.3 is 5.11 Å². The van der Waals surface area contributed by atoms with Gasteiger partial charge in [0.05, 0.1) is 11.3 Å². The van der Waals surface area contributed by atoms with Crippen molar-refractivity contribution in [3.05, 3.63) is 29.8 Å². The van der Waals surface area contributed by atoms with Crippen LogP contribution in [0.3, 0.4) is 0 Å². The van der Waals surface area contributed by atoms with E-state index in [-0.39, 0.29) is 11.3 Å². The van der Waals surface area contributed by atoms with Crippen molar-refractivity contribution in [2.45, 2.75) is 11.3 Å². The standard InChI is InChI=1S/C12H15NO4S2/c14-12(15)9-10-1-3-11(4-2-10)19(16,17)13-5-7-18-8-6-13/h1-4H,5-9H2,(H,14,15). The minimum absolute atomic E-state index is 0.0965. The highest BCUT2D eigenvalue weighted by atomic mass is 32.2. The van der Waals surface area contributed by atoms with Crippen LogP contribution in [0.15, 0.2) is 29.2 Å². The molecule has 104 valence electrons. The Morgan fingerprint density at radius 3 is 2.32 bits per heavy atom. The molecule has 0 atom stereocenters. The van der Waals surface area contributed by atoms with E-state index >= 15 is 0 Å². The summed E-state index contributed by atoms with van der Waals surface area (Å²) in [5.74, 6) is 0.704. The lowest BCUT2D eigenvalue weighted by Gasteiger charge is -2.25. The highest BCUT2D eigenvalue weighted by Crippen LogP contribution is 2.20. The first-order chi connectivity index (χ1) is 9.00. The second-order valence-corrected chi connectivity index (χ2v) is 7.39. The quantitative estimate of drug-likeness (QED) is 0.900. The fraction of sp³-hybridized carbons (Fsp3) is 0.417. The van der Waals surface area contributed by atoms with Crippen molar-refractivity contribution in [2.75, 3.05) is 24.6 Å². The molecule has 19 heavy (non-hydrogen) atoms. The van der Waals surface area contributed by atoms with Crippen LogP contribution < -0.4 is 0 Å². The molecule has 1 aliphatic heterocycles. The van der Waals surface area contributed by atoms with E-state index in [9.17, 15) is 13.2 Å². The fourth-order valence-corrected chi connectivity index (χ4v) is 4.47. The predicted molar refractivity (Wildman–Crippen MR) is 73.9 cm³/mol. The van der Waals surface area contributed by atoms with Gasteiger partial charge in [0.2, 0.25) is 10.0 Å². The second-order valence-electron chi connectivity index (χ2n) is 4.23. The van der Waals surface area contributed by atoms with Crippen molar-refractivity contribution in [1.82, 2.24) is 4.31 Å². The van der Waals surface area contributed by atoms with E-state index in [1.807, 2.05) is 0 Å². The lowest BCUT2D eigenvalue weighted by Crippen LogP contribution is -2.37. The van der Waals surface area contributed by atoms with Crippen molar-refractivity contribution in [1.29, 1.82) is 0 Å². The van der Waals surface area contributed by atoms with Gasteiger partial charge in [-0.15, -0.1) is 0 Å². The van der Waals surface area contributed by atoms with Crippen LogP contribution in [0.4, 0.5) is 0 Å². The molecule has 1 aromatic carbocycles. The van der Waals surface area contributed by atoms with E-state index in [1.54, 1.807) is 23.9 Å². The lowest BCUT2D eigenvalue weighted by molar-refractivity contribution is -0.136. The van der Waals surface area contributed by atoms with Crippen molar-refractivity contribution in [2.24, 2.45) is 0 Å². The summed E-state index contributed by atoms with van der Waals surface area (Å²) in [6.07, 6.45) is -0.0965. The van der Waals surface area contributed by atoms with E-state index in [4.69, 9.17) is 5.11 Å². The number of thioether (sulfide) groups is 1. The summed E-state index contributed by atoms with van der Waals surface area (Å²) in [4.78, 5) is 10.8. The van der Waals surface area contributed by atoms with Crippen molar-refractivity contribution in [3.63, 3.8) is 0 Å². The maximum absolute atomic E-state index is 12.3. The average molecular weight is 301 g/mol. The van der Waals surface area contributed by atoms with Crippen molar-refractivity contribution < 1.29 is 18.3 Å². The number of nitrogens with zero attached hydrogens (tertiary/aromatic N) is 1. The molecule has 0 aromatic heterocycles. The second kappa shape index (κ2) is 5.94. The van der Waals surface area contributed by atoms with E-state index in [1.165, 1.54) is 16.4 Å². The molecule has 1 fully saturated rings. The van der Waals surface area contributed by atoms with Gasteiger partial charge >= 0.3 is 5.97 Å². The molecule has 1 N–H and O–H groups in total. The van der Waals surface area contributed by atoms with E-state index in [0.717, 1.165) is 11.5 Å². The Morgan fingerprint density at radius 2 is 1.79 bits per heavy atom. The first-order valence-electron chi connectivity index (χ1n) is 5.89. The number of hydrogen-bond donors (Lipinski definition) is 1. The molecule has 0 spiro atoms. The molecule has 7 heteroatoms. The van der Waals surface area contributed by atoms with E-state index in [0.29, 0.717) is 18.7 Å². The van der Waals surface area contributed by atoms with Crippen LogP contribution in [0, 0.1) is 0 Å². The van der Waals surface area contributed by atoms with Gasteiger partial charge in [-0.05, 0) is 17.7 Å². The number of aliphatic carboxylic acids is 1. The number of carboxylic acid groups (broad SMARTS) is 1. The highest BCUT2D eigenvalue weighted by Gasteiger charge is 2.25. The minimum atomic E-state index is -3.43. The molecule has 1 aromatic rings. The molecule has 0 amide bonds. The topological polar surface area (TPSA) is 74.7 Å². The zero-order valence-corrected chi connectivity index (χ0v) is 11.9. The first kappa shape index (κ1) is 14.4. The number of sulfonamides is 1. The third-order valence-electron chi connectivity index (χ3n) is 2.89. The molecule has 0 radical (unpaired) electrons. The average Bonchev–Trinajstić information content (AvgIpc) is 2.40. The van der Waals surface area contributed by atoms with Gasteiger partial charge in [-0.2, -0.15) is 16.1 Å². The van der Waals surface area contributed by atoms with Gasteiger partial charge in [0, 0.05) is 24.6 Å². The van der Waals surface area contributed by atoms with Gasteiger partial charge in [0.1, 0.15) is 0 Å². The molecule has 0 unspecified atom stereocenters. The van der Waals surface area contributed by atoms with Crippen LogP contribution in [-0.4, -0.2) is 48.4 Å². The van der Waals surface area contributed by atoms with Gasteiger partial charge in [-0.3, -0.25) is 4.79 Å². The van der Waals surface area contributed by atoms with Crippen LogP contribution in [0.2, 0.25) is 0 Å². The first-order valence-corrected chi connectivity index (χ1v) is 8.48. The molecule has 2 rings (SSSR count). The molecule has 0 saturated carbocycles. The Morgan fingerprint density at radius 1 is 1.21 bits per heavy atom. The summed E-state index contributed by atoms with van der Waals surface area (Å²) < 4.78 is 26.1. The van der Waals surface area contributed by atoms with Crippen molar-refractivity contribution >= 4 is 27.8 Å². The normalized spacial score (nSPS) is 17.3. The Bertz CT molecular complexity index is 548. The Labute approximate surface area is 116 Å². The van der Waals surface area contributed by atoms with Gasteiger partial charge in [0.25, 0.3) is 0 Å². The number of carboxylic acids is 1. The van der Waals surface area contributed by atoms with Crippen LogP contribution in [0.5, 0.6) is 0 Å². The van der Waals surface area contributed by atoms with E-state index in [2.05, 4.69) is 0 Å². The maximum atomic E-state index is 12.3. The summed E-state index contributed by atoms with van der Waals surface area (Å²) >= 11 is 1.75. The van der Waals surface area contributed by atoms with Crippen LogP contribution in [-0.2, 0) is 21.2 Å². The highest BCUT2D eigenvalue weighted by molar-refractivity contribution is 7.99. The molecular weight excluding hydrogens is 286 g/mol. The lowest BCUT2D eigenvalue weighted by atomic mass is 10.2. The Balaban J connectivity index is 2.18. The summed E-state index contributed by atoms with van der Waals surface area (Å²) in [6, 6.07) is 6.07. The molecule has 0 bridgehead atoms. The largest absolute Gasteiger partial charge is 0.481 e. The number of rotatable bonds is 4. The van der Waals surface area contributed by atoms with Gasteiger partial charge in [0.15, 0.2) is 0 Å². The third kappa shape index (κ3) is 3.49. The predicted octanol–water partition coefficient (Wildman–Crippen LogP) is 1.05. The van der Waals surface area contributed by atoms with Crippen LogP contribution >= 0.6 is 11.8 Å². The minimum Gasteiger partial charge on any atom is -0.481 e. The third-order valence-corrected chi connectivity index (χ3v) is 5.74. The SMILES string of the molecule is O=C(O)Cc1ccc(S(=O)(=O)N2CCSCC2)cc1. The van der Waals surface area contributed by atoms with Crippen LogP contribution in [0.25, 0.3) is 0 Å². The monoisotopic (exact) mass is 301 g/mol. The Kier molecular flexibility index (Phi) is 4.49. The summed E-state index contributed by atoms with van der Waals surface area (Å²) in [6.45, 7) is 1.06. The van der Waals surface area contributed by atoms with E-state index < -0.39 is 16.0 Å². The maximum Gasteiger partial charge on any atom is 0.307 e. The Hall–Kier alpha value is -1.05. The zero-order chi connectivity index (χ0) is 13.9. The number of hydrogen-bond acceptors (Lipinski definition) is 4. The number of carbonyl (C=O) groups is 1. The summed E-state index contributed by atoms with van der Waals surface area (Å²) in [7, 11) is -3.43. The van der Waals surface area contributed by atoms with Gasteiger partial charge in [-0.1, -0.05) is 12.1 Å². The molecule has 1 aliphatic rings. The van der Waals surface area contributed by atoms with Crippen LogP contribution in [0.1, 0.15) is 5.56 Å². The molecular formula is C12H15NO4S2.